The summed E-state index contributed by atoms with van der Waals surface area (Å²) in [7, 11) is 5.02. The second-order valence-corrected chi connectivity index (χ2v) is 6.81. The van der Waals surface area contributed by atoms with Crippen LogP contribution in [-0.2, 0) is 16.1 Å². The van der Waals surface area contributed by atoms with Crippen molar-refractivity contribution in [3.63, 3.8) is 0 Å². The second-order valence-electron chi connectivity index (χ2n) is 5.87. The number of rotatable bonds is 9. The molecule has 0 fully saturated rings. The van der Waals surface area contributed by atoms with E-state index in [4.69, 9.17) is 9.47 Å². The van der Waals surface area contributed by atoms with E-state index in [0.29, 0.717) is 17.6 Å². The molecule has 0 aliphatic heterocycles. The van der Waals surface area contributed by atoms with E-state index in [2.05, 4.69) is 10.2 Å². The van der Waals surface area contributed by atoms with Gasteiger partial charge in [0, 0.05) is 21.2 Å². The molecule has 0 spiro atoms. The van der Waals surface area contributed by atoms with Crippen molar-refractivity contribution in [2.75, 3.05) is 33.6 Å². The van der Waals surface area contributed by atoms with Crippen LogP contribution >= 0.6 is 11.8 Å². The highest BCUT2D eigenvalue weighted by molar-refractivity contribution is 7.99. The standard InChI is InChI=1S/C17H23FN4O3S/c1-12(9-24-4)22-15(10-25-14-8-6-5-7-13(14)18)19-20-17(22)26-11-16(23)21(2)3/h5-8,12H,9-11H2,1-4H3/t12-/m0/s1. The van der Waals surface area contributed by atoms with E-state index in [1.165, 1.54) is 22.7 Å². The Bertz CT molecular complexity index is 739. The zero-order valence-corrected chi connectivity index (χ0v) is 16.1. The van der Waals surface area contributed by atoms with E-state index >= 15 is 0 Å². The maximum atomic E-state index is 13.7. The maximum Gasteiger partial charge on any atom is 0.232 e. The van der Waals surface area contributed by atoms with Gasteiger partial charge in [-0.15, -0.1) is 10.2 Å². The summed E-state index contributed by atoms with van der Waals surface area (Å²) in [5, 5.41) is 8.91. The predicted molar refractivity (Wildman–Crippen MR) is 96.8 cm³/mol. The number of amides is 1. The number of halogens is 1. The molecule has 2 rings (SSSR count). The lowest BCUT2D eigenvalue weighted by molar-refractivity contribution is -0.125. The molecule has 1 atom stereocenters. The van der Waals surface area contributed by atoms with Crippen molar-refractivity contribution in [2.24, 2.45) is 0 Å². The minimum absolute atomic E-state index is 0.0203. The number of ether oxygens (including phenoxy) is 2. The molecule has 0 N–H and O–H groups in total. The zero-order valence-electron chi connectivity index (χ0n) is 15.3. The molecule has 1 heterocycles. The summed E-state index contributed by atoms with van der Waals surface area (Å²) in [6.45, 7) is 2.46. The van der Waals surface area contributed by atoms with Gasteiger partial charge in [0.25, 0.3) is 0 Å². The van der Waals surface area contributed by atoms with Gasteiger partial charge in [0.05, 0.1) is 18.4 Å². The van der Waals surface area contributed by atoms with Gasteiger partial charge in [0.15, 0.2) is 22.5 Å². The normalized spacial score (nSPS) is 12.0. The molecule has 26 heavy (non-hydrogen) atoms. The van der Waals surface area contributed by atoms with E-state index in [-0.39, 0.29) is 30.1 Å². The van der Waals surface area contributed by atoms with Crippen molar-refractivity contribution in [3.8, 4) is 5.75 Å². The molecule has 1 aromatic carbocycles. The van der Waals surface area contributed by atoms with Gasteiger partial charge in [-0.1, -0.05) is 23.9 Å². The van der Waals surface area contributed by atoms with Crippen molar-refractivity contribution in [1.29, 1.82) is 0 Å². The fourth-order valence-electron chi connectivity index (χ4n) is 2.22. The van der Waals surface area contributed by atoms with Crippen molar-refractivity contribution in [1.82, 2.24) is 19.7 Å². The van der Waals surface area contributed by atoms with Crippen LogP contribution in [-0.4, -0.2) is 59.1 Å². The average Bonchev–Trinajstić information content (AvgIpc) is 3.02. The first kappa shape index (κ1) is 20.2. The molecule has 0 aliphatic rings. The Hall–Kier alpha value is -2.13. The molecule has 1 amide bonds. The fraction of sp³-hybridized carbons (Fsp3) is 0.471. The number of hydrogen-bond acceptors (Lipinski definition) is 6. The summed E-state index contributed by atoms with van der Waals surface area (Å²) in [4.78, 5) is 13.4. The first-order valence-corrected chi connectivity index (χ1v) is 9.05. The van der Waals surface area contributed by atoms with Gasteiger partial charge >= 0.3 is 0 Å². The van der Waals surface area contributed by atoms with E-state index in [9.17, 15) is 9.18 Å². The Balaban J connectivity index is 2.17. The Morgan fingerprint density at radius 1 is 1.35 bits per heavy atom. The summed E-state index contributed by atoms with van der Waals surface area (Å²) in [5.41, 5.74) is 0. The monoisotopic (exact) mass is 382 g/mol. The van der Waals surface area contributed by atoms with Crippen LogP contribution in [0.25, 0.3) is 0 Å². The molecule has 7 nitrogen and oxygen atoms in total. The largest absolute Gasteiger partial charge is 0.483 e. The Morgan fingerprint density at radius 3 is 2.73 bits per heavy atom. The highest BCUT2D eigenvalue weighted by atomic mass is 32.2. The Morgan fingerprint density at radius 2 is 2.08 bits per heavy atom. The number of thioether (sulfide) groups is 1. The van der Waals surface area contributed by atoms with E-state index in [1.807, 2.05) is 11.5 Å². The quantitative estimate of drug-likeness (QED) is 0.620. The molecule has 0 aliphatic carbocycles. The third-order valence-corrected chi connectivity index (χ3v) is 4.53. The maximum absolute atomic E-state index is 13.7. The smallest absolute Gasteiger partial charge is 0.232 e. The average molecular weight is 382 g/mol. The first-order chi connectivity index (χ1) is 12.4. The third kappa shape index (κ3) is 5.18. The molecule has 0 unspecified atom stereocenters. The van der Waals surface area contributed by atoms with Crippen molar-refractivity contribution >= 4 is 17.7 Å². The van der Waals surface area contributed by atoms with Crippen LogP contribution < -0.4 is 4.74 Å². The molecular weight excluding hydrogens is 359 g/mol. The van der Waals surface area contributed by atoms with Crippen LogP contribution in [0.2, 0.25) is 0 Å². The number of para-hydroxylation sites is 1. The van der Waals surface area contributed by atoms with Gasteiger partial charge in [0.1, 0.15) is 6.61 Å². The number of carbonyl (C=O) groups excluding carboxylic acids is 1. The summed E-state index contributed by atoms with van der Waals surface area (Å²) in [5.74, 6) is 0.484. The van der Waals surface area contributed by atoms with Gasteiger partial charge < -0.3 is 14.4 Å². The summed E-state index contributed by atoms with van der Waals surface area (Å²) in [6.07, 6.45) is 0. The number of hydrogen-bond donors (Lipinski definition) is 0. The van der Waals surface area contributed by atoms with E-state index in [0.717, 1.165) is 0 Å². The lowest BCUT2D eigenvalue weighted by Crippen LogP contribution is -2.24. The van der Waals surface area contributed by atoms with Crippen LogP contribution in [0, 0.1) is 5.82 Å². The molecule has 0 saturated heterocycles. The van der Waals surface area contributed by atoms with E-state index in [1.54, 1.807) is 39.4 Å². The topological polar surface area (TPSA) is 69.5 Å². The first-order valence-electron chi connectivity index (χ1n) is 8.07. The highest BCUT2D eigenvalue weighted by Gasteiger charge is 2.20. The molecule has 1 aromatic heterocycles. The molecule has 2 aromatic rings. The van der Waals surface area contributed by atoms with E-state index < -0.39 is 5.82 Å². The third-order valence-electron chi connectivity index (χ3n) is 3.60. The van der Waals surface area contributed by atoms with Crippen molar-refractivity contribution < 1.29 is 18.7 Å². The number of nitrogens with zero attached hydrogens (tertiary/aromatic N) is 4. The Kier molecular flexibility index (Phi) is 7.40. The number of carbonyl (C=O) groups is 1. The van der Waals surface area contributed by atoms with Gasteiger partial charge in [0.2, 0.25) is 5.91 Å². The van der Waals surface area contributed by atoms with Crippen LogP contribution in [0.5, 0.6) is 5.75 Å². The Labute approximate surface area is 156 Å². The van der Waals surface area contributed by atoms with Crippen molar-refractivity contribution in [2.45, 2.75) is 24.7 Å². The number of benzene rings is 1. The summed E-state index contributed by atoms with van der Waals surface area (Å²) >= 11 is 1.30. The second kappa shape index (κ2) is 9.54. The molecular formula is C17H23FN4O3S. The summed E-state index contributed by atoms with van der Waals surface area (Å²) in [6, 6.07) is 6.13. The summed E-state index contributed by atoms with van der Waals surface area (Å²) < 4.78 is 26.4. The number of aromatic nitrogens is 3. The van der Waals surface area contributed by atoms with Crippen LogP contribution in [0.15, 0.2) is 29.4 Å². The molecule has 0 radical (unpaired) electrons. The SMILES string of the molecule is COC[C@H](C)n1c(COc2ccccc2F)nnc1SCC(=O)N(C)C. The lowest BCUT2D eigenvalue weighted by Gasteiger charge is -2.18. The lowest BCUT2D eigenvalue weighted by atomic mass is 10.3. The van der Waals surface area contributed by atoms with Crippen LogP contribution in [0.3, 0.4) is 0 Å². The minimum Gasteiger partial charge on any atom is -0.483 e. The van der Waals surface area contributed by atoms with Gasteiger partial charge in [-0.05, 0) is 19.1 Å². The van der Waals surface area contributed by atoms with Gasteiger partial charge in [-0.2, -0.15) is 0 Å². The van der Waals surface area contributed by atoms with Crippen LogP contribution in [0.4, 0.5) is 4.39 Å². The zero-order chi connectivity index (χ0) is 19.1. The predicted octanol–water partition coefficient (Wildman–Crippen LogP) is 2.38. The molecule has 0 saturated carbocycles. The molecule has 9 heteroatoms. The van der Waals surface area contributed by atoms with Gasteiger partial charge in [-0.3, -0.25) is 9.36 Å². The molecule has 0 bridgehead atoms. The number of methoxy groups -OCH3 is 1. The highest BCUT2D eigenvalue weighted by Crippen LogP contribution is 2.24. The van der Waals surface area contributed by atoms with Crippen LogP contribution in [0.1, 0.15) is 18.8 Å². The fourth-order valence-corrected chi connectivity index (χ4v) is 3.26. The minimum atomic E-state index is -0.435. The molecule has 142 valence electrons. The van der Waals surface area contributed by atoms with Gasteiger partial charge in [-0.25, -0.2) is 4.39 Å². The van der Waals surface area contributed by atoms with Crippen molar-refractivity contribution in [3.05, 3.63) is 35.9 Å².